The van der Waals surface area contributed by atoms with Crippen LogP contribution in [-0.4, -0.2) is 40.2 Å². The normalized spacial score (nSPS) is 19.4. The average Bonchev–Trinajstić information content (AvgIpc) is 3.33. The third-order valence-corrected chi connectivity index (χ3v) is 5.41. The van der Waals surface area contributed by atoms with E-state index in [2.05, 4.69) is 17.2 Å². The smallest absolute Gasteiger partial charge is 0.257 e. The van der Waals surface area contributed by atoms with E-state index in [1.165, 1.54) is 5.56 Å². The fourth-order valence-electron chi connectivity index (χ4n) is 3.91. The molecule has 0 bridgehead atoms. The van der Waals surface area contributed by atoms with Crippen molar-refractivity contribution in [1.82, 2.24) is 14.7 Å². The molecule has 2 N–H and O–H groups in total. The molecule has 4 rings (SSSR count). The van der Waals surface area contributed by atoms with Gasteiger partial charge in [-0.2, -0.15) is 5.10 Å². The highest BCUT2D eigenvalue weighted by Crippen LogP contribution is 2.33. The molecule has 0 radical (unpaired) electrons. The lowest BCUT2D eigenvalue weighted by Crippen LogP contribution is -2.30. The van der Waals surface area contributed by atoms with Crippen LogP contribution in [0.1, 0.15) is 27.5 Å². The average molecular weight is 360 g/mol. The van der Waals surface area contributed by atoms with Crippen molar-refractivity contribution in [3.63, 3.8) is 0 Å². The number of nitrogens with two attached hydrogens (primary N) is 1. The van der Waals surface area contributed by atoms with E-state index < -0.39 is 0 Å². The van der Waals surface area contributed by atoms with Gasteiger partial charge in [0.1, 0.15) is 0 Å². The highest BCUT2D eigenvalue weighted by molar-refractivity contribution is 5.95. The van der Waals surface area contributed by atoms with Crippen LogP contribution in [0.25, 0.3) is 5.69 Å². The zero-order valence-electron chi connectivity index (χ0n) is 15.5. The van der Waals surface area contributed by atoms with Crippen LogP contribution < -0.4 is 5.73 Å². The maximum Gasteiger partial charge on any atom is 0.257 e. The number of rotatable bonds is 4. The van der Waals surface area contributed by atoms with E-state index in [4.69, 9.17) is 5.73 Å². The molecule has 1 aromatic heterocycles. The lowest BCUT2D eigenvalue weighted by atomic mass is 9.89. The first-order valence-electron chi connectivity index (χ1n) is 9.33. The summed E-state index contributed by atoms with van der Waals surface area (Å²) in [4.78, 5) is 15.1. The maximum atomic E-state index is 13.2. The van der Waals surface area contributed by atoms with Gasteiger partial charge in [0.2, 0.25) is 0 Å². The van der Waals surface area contributed by atoms with E-state index in [1.54, 1.807) is 4.68 Å². The molecule has 2 heterocycles. The summed E-state index contributed by atoms with van der Waals surface area (Å²) in [5.74, 6) is 0.594. The van der Waals surface area contributed by atoms with Gasteiger partial charge in [0.25, 0.3) is 5.91 Å². The molecule has 2 aromatic carbocycles. The molecule has 1 saturated heterocycles. The van der Waals surface area contributed by atoms with Gasteiger partial charge in [-0.15, -0.1) is 0 Å². The van der Waals surface area contributed by atoms with Crippen LogP contribution in [0.15, 0.2) is 66.9 Å². The number of para-hydroxylation sites is 1. The molecule has 5 nitrogen and oxygen atoms in total. The Labute approximate surface area is 159 Å². The first-order chi connectivity index (χ1) is 13.2. The Kier molecular flexibility index (Phi) is 4.77. The standard InChI is InChI=1S/C22H24N4O/c1-16-20(15-26(24-16)19-10-6-3-7-11-19)22(27)25-13-18(12-23)21(14-25)17-8-4-2-5-9-17/h2-11,15,18,21H,12-14,23H2,1H3/t18-,21+/m1/s1. The van der Waals surface area contributed by atoms with E-state index in [9.17, 15) is 4.79 Å². The molecular formula is C22H24N4O. The lowest BCUT2D eigenvalue weighted by Gasteiger charge is -2.16. The van der Waals surface area contributed by atoms with E-state index in [-0.39, 0.29) is 17.7 Å². The maximum absolute atomic E-state index is 13.2. The molecule has 1 aliphatic rings. The second kappa shape index (κ2) is 7.37. The summed E-state index contributed by atoms with van der Waals surface area (Å²) >= 11 is 0. The van der Waals surface area contributed by atoms with Gasteiger partial charge in [0.15, 0.2) is 0 Å². The number of aryl methyl sites for hydroxylation is 1. The molecule has 0 saturated carbocycles. The van der Waals surface area contributed by atoms with Crippen LogP contribution in [0.4, 0.5) is 0 Å². The zero-order chi connectivity index (χ0) is 18.8. The number of nitrogens with zero attached hydrogens (tertiary/aromatic N) is 3. The number of carbonyl (C=O) groups is 1. The Hall–Kier alpha value is -2.92. The summed E-state index contributed by atoms with van der Waals surface area (Å²) in [6.45, 7) is 3.84. The Balaban J connectivity index is 1.58. The third kappa shape index (κ3) is 3.38. The second-order valence-electron chi connectivity index (χ2n) is 7.13. The van der Waals surface area contributed by atoms with Crippen molar-refractivity contribution in [2.75, 3.05) is 19.6 Å². The van der Waals surface area contributed by atoms with Gasteiger partial charge in [0, 0.05) is 25.2 Å². The number of hydrogen-bond donors (Lipinski definition) is 1. The summed E-state index contributed by atoms with van der Waals surface area (Å²) in [5.41, 5.74) is 9.62. The van der Waals surface area contributed by atoms with Gasteiger partial charge in [-0.05, 0) is 37.1 Å². The number of aromatic nitrogens is 2. The fraction of sp³-hybridized carbons (Fsp3) is 0.273. The Morgan fingerprint density at radius 2 is 1.74 bits per heavy atom. The number of carbonyl (C=O) groups excluding carboxylic acids is 1. The van der Waals surface area contributed by atoms with E-state index in [0.29, 0.717) is 25.2 Å². The van der Waals surface area contributed by atoms with Crippen LogP contribution in [-0.2, 0) is 0 Å². The summed E-state index contributed by atoms with van der Waals surface area (Å²) in [6, 6.07) is 20.2. The van der Waals surface area contributed by atoms with Gasteiger partial charge in [-0.25, -0.2) is 4.68 Å². The second-order valence-corrected chi connectivity index (χ2v) is 7.13. The van der Waals surface area contributed by atoms with Crippen LogP contribution in [0.2, 0.25) is 0 Å². The molecule has 3 aromatic rings. The van der Waals surface area contributed by atoms with E-state index in [1.807, 2.05) is 66.6 Å². The quantitative estimate of drug-likeness (QED) is 0.778. The van der Waals surface area contributed by atoms with E-state index >= 15 is 0 Å². The first kappa shape index (κ1) is 17.5. The van der Waals surface area contributed by atoms with Crippen LogP contribution in [0, 0.1) is 12.8 Å². The van der Waals surface area contributed by atoms with Gasteiger partial charge < -0.3 is 10.6 Å². The van der Waals surface area contributed by atoms with Crippen LogP contribution >= 0.6 is 0 Å². The molecule has 1 aliphatic heterocycles. The van der Waals surface area contributed by atoms with Crippen molar-refractivity contribution < 1.29 is 4.79 Å². The number of hydrogen-bond acceptors (Lipinski definition) is 3. The van der Waals surface area contributed by atoms with Crippen LogP contribution in [0.3, 0.4) is 0 Å². The van der Waals surface area contributed by atoms with Crippen molar-refractivity contribution in [2.45, 2.75) is 12.8 Å². The lowest BCUT2D eigenvalue weighted by molar-refractivity contribution is 0.0785. The zero-order valence-corrected chi connectivity index (χ0v) is 15.5. The predicted octanol–water partition coefficient (Wildman–Crippen LogP) is 3.00. The summed E-state index contributed by atoms with van der Waals surface area (Å²) in [5, 5.41) is 4.53. The van der Waals surface area contributed by atoms with Crippen molar-refractivity contribution in [2.24, 2.45) is 11.7 Å². The number of amides is 1. The molecule has 0 spiro atoms. The van der Waals surface area contributed by atoms with Crippen molar-refractivity contribution in [1.29, 1.82) is 0 Å². The minimum atomic E-state index is 0.0339. The highest BCUT2D eigenvalue weighted by Gasteiger charge is 2.36. The molecule has 2 atom stereocenters. The topological polar surface area (TPSA) is 64.2 Å². The van der Waals surface area contributed by atoms with Gasteiger partial charge in [0.05, 0.1) is 16.9 Å². The molecule has 0 aliphatic carbocycles. The minimum Gasteiger partial charge on any atom is -0.338 e. The monoisotopic (exact) mass is 360 g/mol. The van der Waals surface area contributed by atoms with Crippen molar-refractivity contribution in [3.8, 4) is 5.69 Å². The van der Waals surface area contributed by atoms with Crippen molar-refractivity contribution in [3.05, 3.63) is 83.7 Å². The van der Waals surface area contributed by atoms with E-state index in [0.717, 1.165) is 11.4 Å². The SMILES string of the molecule is Cc1nn(-c2ccccc2)cc1C(=O)N1C[C@@H](CN)[C@H](c2ccccc2)C1. The van der Waals surface area contributed by atoms with Gasteiger partial charge >= 0.3 is 0 Å². The third-order valence-electron chi connectivity index (χ3n) is 5.41. The summed E-state index contributed by atoms with van der Waals surface area (Å²) in [7, 11) is 0. The number of likely N-dealkylation sites (tertiary alicyclic amines) is 1. The Bertz CT molecular complexity index is 920. The largest absolute Gasteiger partial charge is 0.338 e. The molecule has 1 amide bonds. The van der Waals surface area contributed by atoms with Crippen molar-refractivity contribution >= 4 is 5.91 Å². The summed E-state index contributed by atoms with van der Waals surface area (Å²) < 4.78 is 1.77. The van der Waals surface area contributed by atoms with Gasteiger partial charge in [-0.3, -0.25) is 4.79 Å². The summed E-state index contributed by atoms with van der Waals surface area (Å²) in [6.07, 6.45) is 1.83. The minimum absolute atomic E-state index is 0.0339. The Morgan fingerprint density at radius 1 is 1.07 bits per heavy atom. The predicted molar refractivity (Wildman–Crippen MR) is 106 cm³/mol. The Morgan fingerprint density at radius 3 is 2.41 bits per heavy atom. The molecule has 27 heavy (non-hydrogen) atoms. The molecule has 0 unspecified atom stereocenters. The molecule has 1 fully saturated rings. The van der Waals surface area contributed by atoms with Gasteiger partial charge in [-0.1, -0.05) is 48.5 Å². The highest BCUT2D eigenvalue weighted by atomic mass is 16.2. The fourth-order valence-corrected chi connectivity index (χ4v) is 3.91. The molecular weight excluding hydrogens is 336 g/mol. The molecule has 5 heteroatoms. The first-order valence-corrected chi connectivity index (χ1v) is 9.33. The number of benzene rings is 2. The van der Waals surface area contributed by atoms with Crippen LogP contribution in [0.5, 0.6) is 0 Å². The molecule has 138 valence electrons.